The van der Waals surface area contributed by atoms with Crippen molar-refractivity contribution in [1.29, 1.82) is 0 Å². The van der Waals surface area contributed by atoms with Gasteiger partial charge in [0.05, 0.1) is 25.4 Å². The standard InChI is InChI=1S/C76H151NO5/c1-3-5-7-9-11-13-15-17-19-20-35-38-41-44-48-52-56-60-64-68-74(79)73(72-78)77-75(80)69-65-61-57-53-49-45-42-39-36-33-31-29-27-25-23-21-22-24-26-28-30-32-34-37-40-43-47-51-55-59-63-67-71-82-76(81)70-66-62-58-54-50-46-18-16-14-12-10-8-6-4-2/h73-74,78-79H,3-72H2,1-2H3,(H,77,80). The monoisotopic (exact) mass is 1160 g/mol. The molecule has 0 radical (unpaired) electrons. The molecule has 0 saturated heterocycles. The van der Waals surface area contributed by atoms with E-state index >= 15 is 0 Å². The van der Waals surface area contributed by atoms with Crippen LogP contribution in [0.4, 0.5) is 0 Å². The lowest BCUT2D eigenvalue weighted by atomic mass is 10.0. The first-order chi connectivity index (χ1) is 40.5. The molecule has 0 saturated carbocycles. The first-order valence-electron chi connectivity index (χ1n) is 38.3. The lowest BCUT2D eigenvalue weighted by Crippen LogP contribution is -2.45. The van der Waals surface area contributed by atoms with Crippen LogP contribution in [0, 0.1) is 0 Å². The van der Waals surface area contributed by atoms with E-state index in [0.717, 1.165) is 38.5 Å². The molecule has 0 aliphatic rings. The Morgan fingerprint density at radius 1 is 0.293 bits per heavy atom. The summed E-state index contributed by atoms with van der Waals surface area (Å²) in [5, 5.41) is 23.4. The number of unbranched alkanes of at least 4 members (excludes halogenated alkanes) is 62. The van der Waals surface area contributed by atoms with Crippen LogP contribution in [-0.2, 0) is 14.3 Å². The molecule has 2 atom stereocenters. The first kappa shape index (κ1) is 80.9. The van der Waals surface area contributed by atoms with E-state index in [4.69, 9.17) is 4.74 Å². The molecule has 3 N–H and O–H groups in total. The molecule has 0 aromatic heterocycles. The summed E-state index contributed by atoms with van der Waals surface area (Å²) in [5.74, 6) is -0.000120. The van der Waals surface area contributed by atoms with Crippen LogP contribution < -0.4 is 5.32 Å². The maximum Gasteiger partial charge on any atom is 0.305 e. The topological polar surface area (TPSA) is 95.9 Å². The van der Waals surface area contributed by atoms with Gasteiger partial charge in [-0.05, 0) is 25.7 Å². The van der Waals surface area contributed by atoms with E-state index in [-0.39, 0.29) is 18.5 Å². The van der Waals surface area contributed by atoms with Crippen LogP contribution in [0.3, 0.4) is 0 Å². The Kier molecular flexibility index (Phi) is 71.3. The number of hydrogen-bond donors (Lipinski definition) is 3. The van der Waals surface area contributed by atoms with E-state index in [2.05, 4.69) is 19.2 Å². The number of amides is 1. The summed E-state index contributed by atoms with van der Waals surface area (Å²) in [6.45, 7) is 5.01. The van der Waals surface area contributed by atoms with Gasteiger partial charge in [0.25, 0.3) is 0 Å². The van der Waals surface area contributed by atoms with Crippen LogP contribution in [0.15, 0.2) is 0 Å². The van der Waals surface area contributed by atoms with E-state index in [1.807, 2.05) is 0 Å². The summed E-state index contributed by atoms with van der Waals surface area (Å²) in [6.07, 6.45) is 89.0. The van der Waals surface area contributed by atoms with Crippen LogP contribution in [-0.4, -0.2) is 47.4 Å². The predicted molar refractivity (Wildman–Crippen MR) is 361 cm³/mol. The molecule has 0 bridgehead atoms. The molecule has 82 heavy (non-hydrogen) atoms. The molecule has 1 amide bonds. The van der Waals surface area contributed by atoms with Gasteiger partial charge in [0.1, 0.15) is 0 Å². The third-order valence-electron chi connectivity index (χ3n) is 18.4. The average molecular weight is 1160 g/mol. The second-order valence-electron chi connectivity index (χ2n) is 26.7. The van der Waals surface area contributed by atoms with Crippen molar-refractivity contribution in [3.63, 3.8) is 0 Å². The Morgan fingerprint density at radius 2 is 0.500 bits per heavy atom. The minimum absolute atomic E-state index is 0.0249. The van der Waals surface area contributed by atoms with Gasteiger partial charge < -0.3 is 20.3 Å². The number of rotatable bonds is 73. The fraction of sp³-hybridized carbons (Fsp3) is 0.974. The van der Waals surface area contributed by atoms with Crippen LogP contribution in [0.25, 0.3) is 0 Å². The van der Waals surface area contributed by atoms with E-state index in [1.165, 1.54) is 379 Å². The Balaban J connectivity index is 3.31. The Bertz CT molecular complexity index is 1200. The molecule has 0 rings (SSSR count). The van der Waals surface area contributed by atoms with Crippen molar-refractivity contribution in [3.8, 4) is 0 Å². The van der Waals surface area contributed by atoms with Gasteiger partial charge >= 0.3 is 5.97 Å². The molecule has 0 aliphatic heterocycles. The van der Waals surface area contributed by atoms with E-state index in [9.17, 15) is 19.8 Å². The normalized spacial score (nSPS) is 12.4. The van der Waals surface area contributed by atoms with Gasteiger partial charge in [-0.3, -0.25) is 9.59 Å². The Morgan fingerprint density at radius 3 is 0.744 bits per heavy atom. The molecule has 0 aliphatic carbocycles. The molecule has 6 heteroatoms. The second-order valence-corrected chi connectivity index (χ2v) is 26.7. The van der Waals surface area contributed by atoms with Gasteiger partial charge in [-0.25, -0.2) is 0 Å². The zero-order valence-corrected chi connectivity index (χ0v) is 56.3. The summed E-state index contributed by atoms with van der Waals surface area (Å²) in [6, 6.07) is -0.537. The minimum atomic E-state index is -0.661. The number of esters is 1. The molecule has 0 aromatic rings. The predicted octanol–water partition coefficient (Wildman–Crippen LogP) is 24.9. The highest BCUT2D eigenvalue weighted by atomic mass is 16.5. The summed E-state index contributed by atoms with van der Waals surface area (Å²) in [4.78, 5) is 24.6. The largest absolute Gasteiger partial charge is 0.466 e. The van der Waals surface area contributed by atoms with Crippen LogP contribution >= 0.6 is 0 Å². The fourth-order valence-electron chi connectivity index (χ4n) is 12.6. The number of carbonyl (C=O) groups is 2. The highest BCUT2D eigenvalue weighted by Gasteiger charge is 2.20. The highest BCUT2D eigenvalue weighted by molar-refractivity contribution is 5.76. The zero-order valence-electron chi connectivity index (χ0n) is 56.3. The first-order valence-corrected chi connectivity index (χ1v) is 38.3. The van der Waals surface area contributed by atoms with E-state index in [1.54, 1.807) is 0 Å². The molecule has 490 valence electrons. The third-order valence-corrected chi connectivity index (χ3v) is 18.4. The number of nitrogens with one attached hydrogen (secondary N) is 1. The maximum absolute atomic E-state index is 12.5. The van der Waals surface area contributed by atoms with Gasteiger partial charge in [-0.1, -0.05) is 412 Å². The SMILES string of the molecule is CCCCCCCCCCCCCCCCCCCCCC(O)C(CO)NC(=O)CCCCCCCCCCCCCCCCCCCCCCCCCCCCCCCCCCOC(=O)CCCCCCCCCCCCCCCC. The van der Waals surface area contributed by atoms with Crippen LogP contribution in [0.1, 0.15) is 450 Å². The third kappa shape index (κ3) is 68.0. The number of carbonyl (C=O) groups excluding carboxylic acids is 2. The summed E-state index contributed by atoms with van der Waals surface area (Å²) in [5.41, 5.74) is 0. The number of aliphatic hydroxyl groups excluding tert-OH is 2. The van der Waals surface area contributed by atoms with Gasteiger partial charge in [0.15, 0.2) is 0 Å². The quantitative estimate of drug-likeness (QED) is 0.0417. The number of hydrogen-bond acceptors (Lipinski definition) is 5. The maximum atomic E-state index is 12.5. The second kappa shape index (κ2) is 72.3. The summed E-state index contributed by atoms with van der Waals surface area (Å²) in [7, 11) is 0. The van der Waals surface area contributed by atoms with Crippen molar-refractivity contribution < 1.29 is 24.5 Å². The smallest absolute Gasteiger partial charge is 0.305 e. The molecule has 0 heterocycles. The van der Waals surface area contributed by atoms with Gasteiger partial charge in [0.2, 0.25) is 5.91 Å². The van der Waals surface area contributed by atoms with E-state index < -0.39 is 12.1 Å². The molecular formula is C76H151NO5. The lowest BCUT2D eigenvalue weighted by Gasteiger charge is -2.22. The van der Waals surface area contributed by atoms with Crippen molar-refractivity contribution >= 4 is 11.9 Å². The molecule has 0 aromatic carbocycles. The lowest BCUT2D eigenvalue weighted by molar-refractivity contribution is -0.143. The van der Waals surface area contributed by atoms with Crippen molar-refractivity contribution in [2.24, 2.45) is 0 Å². The van der Waals surface area contributed by atoms with E-state index in [0.29, 0.717) is 25.9 Å². The van der Waals surface area contributed by atoms with Crippen molar-refractivity contribution in [2.75, 3.05) is 13.2 Å². The summed E-state index contributed by atoms with van der Waals surface area (Å²) < 4.78 is 5.50. The highest BCUT2D eigenvalue weighted by Crippen LogP contribution is 2.20. The average Bonchev–Trinajstić information content (AvgIpc) is 3.48. The fourth-order valence-corrected chi connectivity index (χ4v) is 12.6. The molecule has 6 nitrogen and oxygen atoms in total. The molecule has 2 unspecified atom stereocenters. The molecule has 0 fully saturated rings. The molecule has 0 spiro atoms. The van der Waals surface area contributed by atoms with Gasteiger partial charge in [-0.15, -0.1) is 0 Å². The Hall–Kier alpha value is -1.14. The van der Waals surface area contributed by atoms with Crippen LogP contribution in [0.2, 0.25) is 0 Å². The number of ether oxygens (including phenoxy) is 1. The summed E-state index contributed by atoms with van der Waals surface area (Å²) >= 11 is 0. The van der Waals surface area contributed by atoms with Gasteiger partial charge in [0, 0.05) is 12.8 Å². The minimum Gasteiger partial charge on any atom is -0.466 e. The zero-order chi connectivity index (χ0) is 59.2. The molecular weight excluding hydrogens is 1010 g/mol. The van der Waals surface area contributed by atoms with Crippen molar-refractivity contribution in [1.82, 2.24) is 5.32 Å². The number of aliphatic hydroxyl groups is 2. The Labute approximate surface area is 515 Å². The van der Waals surface area contributed by atoms with Crippen molar-refractivity contribution in [2.45, 2.75) is 463 Å². The van der Waals surface area contributed by atoms with Crippen LogP contribution in [0.5, 0.6) is 0 Å². The van der Waals surface area contributed by atoms with Crippen molar-refractivity contribution in [3.05, 3.63) is 0 Å². The van der Waals surface area contributed by atoms with Gasteiger partial charge in [-0.2, -0.15) is 0 Å².